The Kier molecular flexibility index (Phi) is 9.57. The van der Waals surface area contributed by atoms with Crippen molar-refractivity contribution in [3.8, 4) is 11.6 Å². The van der Waals surface area contributed by atoms with E-state index in [1.165, 1.54) is 47.0 Å². The number of rotatable bonds is 4. The molecule has 250 valence electrons. The molecule has 0 aliphatic carbocycles. The Hall–Kier alpha value is -4.41. The molecule has 1 atom stereocenters. The summed E-state index contributed by atoms with van der Waals surface area (Å²) in [7, 11) is 2.60. The molecule has 1 aliphatic rings. The summed E-state index contributed by atoms with van der Waals surface area (Å²) in [4.78, 5) is 31.9. The first-order valence-electron chi connectivity index (χ1n) is 14.0. The molecule has 2 aromatic heterocycles. The van der Waals surface area contributed by atoms with E-state index in [2.05, 4.69) is 20.5 Å². The highest BCUT2D eigenvalue weighted by Crippen LogP contribution is 2.47. The summed E-state index contributed by atoms with van der Waals surface area (Å²) in [5, 5.41) is 9.47. The average molecular weight is 659 g/mol. The second-order valence-corrected chi connectivity index (χ2v) is 11.6. The third-order valence-electron chi connectivity index (χ3n) is 6.95. The Bertz CT molecular complexity index is 1560. The van der Waals surface area contributed by atoms with Crippen LogP contribution in [0.2, 0.25) is 0 Å². The smallest absolute Gasteiger partial charge is 0.426 e. The van der Waals surface area contributed by atoms with Gasteiger partial charge in [0.2, 0.25) is 11.5 Å². The monoisotopic (exact) mass is 658 g/mol. The number of hydrogen-bond acceptors (Lipinski definition) is 9. The van der Waals surface area contributed by atoms with E-state index in [-0.39, 0.29) is 13.1 Å². The van der Waals surface area contributed by atoms with Crippen molar-refractivity contribution in [2.45, 2.75) is 63.8 Å². The number of ether oxygens (including phenoxy) is 2. The third kappa shape index (κ3) is 7.68. The third-order valence-corrected chi connectivity index (χ3v) is 6.95. The molecule has 1 aromatic carbocycles. The van der Waals surface area contributed by atoms with E-state index in [0.717, 1.165) is 9.80 Å². The van der Waals surface area contributed by atoms with Gasteiger partial charge in [-0.3, -0.25) is 10.1 Å². The molecule has 3 aromatic rings. The predicted molar refractivity (Wildman–Crippen MR) is 151 cm³/mol. The minimum atomic E-state index is -5.21. The van der Waals surface area contributed by atoms with E-state index >= 15 is 13.2 Å². The molecule has 11 nitrogen and oxygen atoms in total. The maximum atomic E-state index is 15.0. The first-order valence-corrected chi connectivity index (χ1v) is 14.0. The number of fused-ring (bicyclic) bond motifs is 5. The molecule has 46 heavy (non-hydrogen) atoms. The number of benzene rings is 1. The number of pyridine rings is 1. The Labute approximate surface area is 259 Å². The highest BCUT2D eigenvalue weighted by atomic mass is 19.4. The number of hydrogen-bond donors (Lipinski definition) is 1. The van der Waals surface area contributed by atoms with Gasteiger partial charge >= 0.3 is 18.4 Å². The number of anilines is 2. The number of halogens is 6. The molecule has 0 saturated carbocycles. The van der Waals surface area contributed by atoms with Gasteiger partial charge in [-0.05, 0) is 32.4 Å². The zero-order valence-corrected chi connectivity index (χ0v) is 25.5. The topological polar surface area (TPSA) is 123 Å². The summed E-state index contributed by atoms with van der Waals surface area (Å²) in [5.41, 5.74) is -6.45. The fourth-order valence-corrected chi connectivity index (χ4v) is 4.53. The molecule has 1 unspecified atom stereocenters. The molecule has 0 spiro atoms. The van der Waals surface area contributed by atoms with Crippen LogP contribution >= 0.6 is 0 Å². The molecular weight excluding hydrogens is 626 g/mol. The zero-order chi connectivity index (χ0) is 34.1. The Morgan fingerprint density at radius 3 is 2.28 bits per heavy atom. The van der Waals surface area contributed by atoms with Gasteiger partial charge in [0.1, 0.15) is 17.0 Å². The van der Waals surface area contributed by atoms with E-state index in [4.69, 9.17) is 13.9 Å². The maximum Gasteiger partial charge on any atom is 0.426 e. The van der Waals surface area contributed by atoms with Gasteiger partial charge < -0.3 is 23.7 Å². The molecule has 0 fully saturated rings. The lowest BCUT2D eigenvalue weighted by Gasteiger charge is -2.33. The van der Waals surface area contributed by atoms with Crippen LogP contribution in [-0.2, 0) is 32.7 Å². The van der Waals surface area contributed by atoms with Crippen LogP contribution in [-0.4, -0.2) is 71.0 Å². The normalized spacial score (nSPS) is 18.3. The van der Waals surface area contributed by atoms with E-state index in [1.54, 1.807) is 18.2 Å². The van der Waals surface area contributed by atoms with Crippen LogP contribution in [0.1, 0.15) is 50.6 Å². The van der Waals surface area contributed by atoms with Crippen molar-refractivity contribution in [2.24, 2.45) is 0 Å². The van der Waals surface area contributed by atoms with Gasteiger partial charge in [0.05, 0.1) is 12.3 Å². The van der Waals surface area contributed by atoms with Crippen LogP contribution in [0.15, 0.2) is 40.8 Å². The largest absolute Gasteiger partial charge is 0.444 e. The number of alkyl halides is 6. The lowest BCUT2D eigenvalue weighted by Crippen LogP contribution is -2.46. The number of carbonyl (C=O) groups is 2. The molecule has 0 saturated heterocycles. The first-order chi connectivity index (χ1) is 21.3. The molecule has 0 radical (unpaired) electrons. The van der Waals surface area contributed by atoms with Crippen molar-refractivity contribution in [1.29, 1.82) is 0 Å². The molecule has 4 rings (SSSR count). The quantitative estimate of drug-likeness (QED) is 0.329. The predicted octanol–water partition coefficient (Wildman–Crippen LogP) is 6.16. The fourth-order valence-electron chi connectivity index (χ4n) is 4.53. The average Bonchev–Trinajstić information content (AvgIpc) is 3.43. The van der Waals surface area contributed by atoms with Gasteiger partial charge in [-0.25, -0.2) is 9.78 Å². The highest BCUT2D eigenvalue weighted by Gasteiger charge is 2.61. The van der Waals surface area contributed by atoms with Gasteiger partial charge in [-0.1, -0.05) is 30.3 Å². The van der Waals surface area contributed by atoms with Gasteiger partial charge in [-0.15, -0.1) is 10.2 Å². The van der Waals surface area contributed by atoms with Crippen LogP contribution in [0.5, 0.6) is 0 Å². The second kappa shape index (κ2) is 12.8. The summed E-state index contributed by atoms with van der Waals surface area (Å²) in [6, 6.07) is 8.47. The molecule has 2 amide bonds. The Morgan fingerprint density at radius 2 is 1.67 bits per heavy atom. The van der Waals surface area contributed by atoms with Crippen molar-refractivity contribution in [1.82, 2.24) is 20.1 Å². The lowest BCUT2D eigenvalue weighted by molar-refractivity contribution is -0.299. The number of likely N-dealkylation sites (N-methyl/N-ethyl adjacent to an activating group) is 2. The number of nitrogens with one attached hydrogen (secondary N) is 1. The highest BCUT2D eigenvalue weighted by molar-refractivity contribution is 5.90. The van der Waals surface area contributed by atoms with Crippen molar-refractivity contribution in [2.75, 3.05) is 37.4 Å². The molecule has 1 N–H and O–H groups in total. The summed E-state index contributed by atoms with van der Waals surface area (Å²) in [6.07, 6.45) is -13.0. The lowest BCUT2D eigenvalue weighted by atomic mass is 9.95. The molecule has 3 heterocycles. The fraction of sp³-hybridized carbons (Fsp3) is 0.483. The minimum absolute atomic E-state index is 0.163. The molecule has 4 bridgehead atoms. The Balaban J connectivity index is 1.94. The molecule has 1 aliphatic heterocycles. The SMILES string of the molecule is CN1CCN(C)c2nc(c(NC(=O)OC(C)(C)C)cc2C(F)(F)F)-c2nnc(o2)C(OCc2ccccc2)(C(F)(F)F)CCC1=O. The summed E-state index contributed by atoms with van der Waals surface area (Å²) in [5.74, 6) is -3.26. The van der Waals surface area contributed by atoms with E-state index in [0.29, 0.717) is 11.6 Å². The molecule has 17 heteroatoms. The second-order valence-electron chi connectivity index (χ2n) is 11.6. The standard InChI is InChI=1S/C29H32F6N6O5/c1-26(2,3)46-25(43)36-19-15-18(28(30,31)32)22-37-21(19)23-38-39-24(45-23)27(29(33,34)35,44-16-17-9-7-6-8-10-17)12-11-20(42)40(4)13-14-41(22)5/h6-10,15H,11-14,16H2,1-5H3,(H,36,43). The van der Waals surface area contributed by atoms with Crippen molar-refractivity contribution in [3.63, 3.8) is 0 Å². The number of amides is 2. The van der Waals surface area contributed by atoms with Crippen molar-refractivity contribution >= 4 is 23.5 Å². The first kappa shape index (κ1) is 34.5. The number of nitrogens with zero attached hydrogens (tertiary/aromatic N) is 5. The van der Waals surface area contributed by atoms with Gasteiger partial charge in [0, 0.05) is 40.0 Å². The van der Waals surface area contributed by atoms with Crippen LogP contribution < -0.4 is 10.2 Å². The Morgan fingerprint density at radius 1 is 1.02 bits per heavy atom. The summed E-state index contributed by atoms with van der Waals surface area (Å²) >= 11 is 0. The van der Waals surface area contributed by atoms with Crippen LogP contribution in [0.4, 0.5) is 42.6 Å². The maximum absolute atomic E-state index is 15.0. The van der Waals surface area contributed by atoms with Gasteiger partial charge in [0.25, 0.3) is 11.8 Å². The summed E-state index contributed by atoms with van der Waals surface area (Å²) in [6.45, 7) is 3.64. The van der Waals surface area contributed by atoms with Crippen molar-refractivity contribution in [3.05, 3.63) is 53.4 Å². The minimum Gasteiger partial charge on any atom is -0.444 e. The van der Waals surface area contributed by atoms with Crippen LogP contribution in [0.3, 0.4) is 0 Å². The summed E-state index contributed by atoms with van der Waals surface area (Å²) < 4.78 is 104. The number of carbonyl (C=O) groups excluding carboxylic acids is 2. The van der Waals surface area contributed by atoms with E-state index in [9.17, 15) is 22.8 Å². The van der Waals surface area contributed by atoms with Gasteiger partial charge in [-0.2, -0.15) is 26.3 Å². The molecular formula is C29H32F6N6O5. The zero-order valence-electron chi connectivity index (χ0n) is 25.5. The van der Waals surface area contributed by atoms with Crippen molar-refractivity contribution < 1.29 is 49.8 Å². The van der Waals surface area contributed by atoms with Crippen LogP contribution in [0.25, 0.3) is 11.6 Å². The van der Waals surface area contributed by atoms with Crippen LogP contribution in [0, 0.1) is 0 Å². The van der Waals surface area contributed by atoms with E-state index in [1.807, 2.05) is 0 Å². The van der Waals surface area contributed by atoms with E-state index < -0.39 is 89.5 Å². The van der Waals surface area contributed by atoms with Gasteiger partial charge in [0.15, 0.2) is 5.69 Å². The number of aromatic nitrogens is 3.